The fourth-order valence-corrected chi connectivity index (χ4v) is 1.93. The van der Waals surface area contributed by atoms with E-state index in [0.29, 0.717) is 24.0 Å². The van der Waals surface area contributed by atoms with E-state index < -0.39 is 0 Å². The normalized spacial score (nSPS) is 10.7. The molecule has 0 fully saturated rings. The number of rotatable bonds is 9. The van der Waals surface area contributed by atoms with E-state index in [4.69, 9.17) is 0 Å². The third-order valence-electron chi connectivity index (χ3n) is 3.16. The average Bonchev–Trinajstić information content (AvgIpc) is 2.42. The maximum Gasteiger partial charge on any atom is 0.270 e. The molecule has 0 spiro atoms. The van der Waals surface area contributed by atoms with Gasteiger partial charge in [-0.15, -0.1) is 0 Å². The van der Waals surface area contributed by atoms with Crippen LogP contribution in [0.5, 0.6) is 0 Å². The summed E-state index contributed by atoms with van der Waals surface area (Å²) in [6.07, 6.45) is 4.46. The lowest BCUT2D eigenvalue weighted by Crippen LogP contribution is -2.26. The lowest BCUT2D eigenvalue weighted by molar-refractivity contribution is 0.0946. The predicted octanol–water partition coefficient (Wildman–Crippen LogP) is 3.16. The van der Waals surface area contributed by atoms with Gasteiger partial charge in [0, 0.05) is 19.2 Å². The Morgan fingerprint density at radius 1 is 1.24 bits per heavy atom. The third-order valence-corrected chi connectivity index (χ3v) is 3.16. The van der Waals surface area contributed by atoms with Crippen molar-refractivity contribution < 1.29 is 4.79 Å². The monoisotopic (exact) mass is 292 g/mol. The number of hydrogen-bond acceptors (Lipinski definition) is 4. The van der Waals surface area contributed by atoms with E-state index >= 15 is 0 Å². The molecular formula is C16H28N4O. The third kappa shape index (κ3) is 7.06. The molecule has 0 atom stereocenters. The van der Waals surface area contributed by atoms with Crippen LogP contribution >= 0.6 is 0 Å². The molecule has 0 aliphatic heterocycles. The molecule has 5 heteroatoms. The molecule has 21 heavy (non-hydrogen) atoms. The van der Waals surface area contributed by atoms with E-state index in [-0.39, 0.29) is 5.91 Å². The van der Waals surface area contributed by atoms with Crippen molar-refractivity contribution in [1.29, 1.82) is 0 Å². The highest BCUT2D eigenvalue weighted by atomic mass is 16.1. The summed E-state index contributed by atoms with van der Waals surface area (Å²) >= 11 is 0. The van der Waals surface area contributed by atoms with Crippen molar-refractivity contribution in [1.82, 2.24) is 15.3 Å². The Morgan fingerprint density at radius 3 is 2.67 bits per heavy atom. The van der Waals surface area contributed by atoms with Gasteiger partial charge in [-0.25, -0.2) is 9.97 Å². The summed E-state index contributed by atoms with van der Waals surface area (Å²) in [7, 11) is 0. The molecule has 1 aromatic rings. The molecular weight excluding hydrogens is 264 g/mol. The van der Waals surface area contributed by atoms with Gasteiger partial charge in [0.25, 0.3) is 5.91 Å². The van der Waals surface area contributed by atoms with Gasteiger partial charge in [0.1, 0.15) is 17.3 Å². The van der Waals surface area contributed by atoms with Crippen LogP contribution in [-0.4, -0.2) is 29.0 Å². The molecule has 2 N–H and O–H groups in total. The van der Waals surface area contributed by atoms with Crippen molar-refractivity contribution in [3.63, 3.8) is 0 Å². The first kappa shape index (κ1) is 17.4. The minimum atomic E-state index is -0.127. The average molecular weight is 292 g/mol. The minimum Gasteiger partial charge on any atom is -0.370 e. The second-order valence-corrected chi connectivity index (χ2v) is 5.76. The van der Waals surface area contributed by atoms with Crippen molar-refractivity contribution in [2.75, 3.05) is 18.4 Å². The van der Waals surface area contributed by atoms with E-state index in [2.05, 4.69) is 41.4 Å². The molecule has 0 bridgehead atoms. The summed E-state index contributed by atoms with van der Waals surface area (Å²) in [6, 6.07) is 1.73. The Kier molecular flexibility index (Phi) is 7.72. The van der Waals surface area contributed by atoms with Crippen molar-refractivity contribution in [3.8, 4) is 0 Å². The largest absolute Gasteiger partial charge is 0.370 e. The van der Waals surface area contributed by atoms with Gasteiger partial charge in [0.15, 0.2) is 0 Å². The zero-order valence-electron chi connectivity index (χ0n) is 13.7. The number of nitrogens with one attached hydrogen (secondary N) is 2. The minimum absolute atomic E-state index is 0.127. The second kappa shape index (κ2) is 9.32. The van der Waals surface area contributed by atoms with E-state index in [0.717, 1.165) is 25.2 Å². The maximum atomic E-state index is 12.1. The Hall–Kier alpha value is -1.65. The molecule has 1 rings (SSSR count). The summed E-state index contributed by atoms with van der Waals surface area (Å²) < 4.78 is 0. The first-order chi connectivity index (χ1) is 10.0. The van der Waals surface area contributed by atoms with Crippen molar-refractivity contribution in [3.05, 3.63) is 17.6 Å². The number of hydrogen-bond donors (Lipinski definition) is 2. The summed E-state index contributed by atoms with van der Waals surface area (Å²) in [5, 5.41) is 6.16. The van der Waals surface area contributed by atoms with Crippen LogP contribution in [0, 0.1) is 12.8 Å². The van der Waals surface area contributed by atoms with Crippen molar-refractivity contribution >= 4 is 11.7 Å². The van der Waals surface area contributed by atoms with Gasteiger partial charge in [-0.3, -0.25) is 4.79 Å². The zero-order chi connectivity index (χ0) is 15.7. The van der Waals surface area contributed by atoms with Crippen LogP contribution in [0.15, 0.2) is 6.07 Å². The van der Waals surface area contributed by atoms with E-state index in [1.165, 1.54) is 12.8 Å². The summed E-state index contributed by atoms with van der Waals surface area (Å²) in [5.74, 6) is 1.79. The topological polar surface area (TPSA) is 66.9 Å². The molecule has 0 aliphatic rings. The smallest absolute Gasteiger partial charge is 0.270 e. The summed E-state index contributed by atoms with van der Waals surface area (Å²) in [6.45, 7) is 9.81. The molecule has 0 saturated carbocycles. The maximum absolute atomic E-state index is 12.1. The van der Waals surface area contributed by atoms with E-state index in [1.807, 2.05) is 6.92 Å². The number of aryl methyl sites for hydroxylation is 1. The van der Waals surface area contributed by atoms with Gasteiger partial charge in [-0.05, 0) is 25.7 Å². The van der Waals surface area contributed by atoms with E-state index in [9.17, 15) is 4.79 Å². The second-order valence-electron chi connectivity index (χ2n) is 5.76. The quantitative estimate of drug-likeness (QED) is 0.686. The van der Waals surface area contributed by atoms with Gasteiger partial charge < -0.3 is 10.6 Å². The fourth-order valence-electron chi connectivity index (χ4n) is 1.93. The number of amides is 1. The highest BCUT2D eigenvalue weighted by Gasteiger charge is 2.10. The zero-order valence-corrected chi connectivity index (χ0v) is 13.7. The predicted molar refractivity (Wildman–Crippen MR) is 86.6 cm³/mol. The molecule has 118 valence electrons. The van der Waals surface area contributed by atoms with Crippen molar-refractivity contribution in [2.24, 2.45) is 5.92 Å². The lowest BCUT2D eigenvalue weighted by Gasteiger charge is -2.09. The first-order valence-corrected chi connectivity index (χ1v) is 7.90. The number of carbonyl (C=O) groups excluding carboxylic acids is 1. The number of carbonyl (C=O) groups is 1. The highest BCUT2D eigenvalue weighted by Crippen LogP contribution is 2.08. The Morgan fingerprint density at radius 2 is 2.00 bits per heavy atom. The molecule has 0 aromatic carbocycles. The van der Waals surface area contributed by atoms with Gasteiger partial charge >= 0.3 is 0 Å². The molecule has 0 saturated heterocycles. The van der Waals surface area contributed by atoms with Crippen LogP contribution in [0.3, 0.4) is 0 Å². The summed E-state index contributed by atoms with van der Waals surface area (Å²) in [5.41, 5.74) is 0.434. The van der Waals surface area contributed by atoms with Crippen LogP contribution in [0.25, 0.3) is 0 Å². The first-order valence-electron chi connectivity index (χ1n) is 7.90. The van der Waals surface area contributed by atoms with E-state index in [1.54, 1.807) is 6.07 Å². The Bertz CT molecular complexity index is 446. The number of anilines is 1. The number of nitrogens with zero attached hydrogens (tertiary/aromatic N) is 2. The number of unbranched alkanes of at least 4 members (excludes halogenated alkanes) is 2. The van der Waals surface area contributed by atoms with Gasteiger partial charge in [0.2, 0.25) is 0 Å². The molecule has 0 aliphatic carbocycles. The van der Waals surface area contributed by atoms with Gasteiger partial charge in [-0.2, -0.15) is 0 Å². The molecule has 0 unspecified atom stereocenters. The summed E-state index contributed by atoms with van der Waals surface area (Å²) in [4.78, 5) is 20.6. The van der Waals surface area contributed by atoms with Crippen LogP contribution in [0.4, 0.5) is 5.82 Å². The molecule has 1 heterocycles. The Balaban J connectivity index is 2.57. The van der Waals surface area contributed by atoms with Crippen LogP contribution < -0.4 is 10.6 Å². The molecule has 1 aromatic heterocycles. The Labute approximate surface area is 128 Å². The molecule has 1 amide bonds. The van der Waals surface area contributed by atoms with Crippen LogP contribution in [0.1, 0.15) is 62.8 Å². The SMILES string of the molecule is CCCCCNc1cc(C(=O)NCCC(C)C)nc(C)n1. The lowest BCUT2D eigenvalue weighted by atomic mass is 10.1. The highest BCUT2D eigenvalue weighted by molar-refractivity contribution is 5.92. The fraction of sp³-hybridized carbons (Fsp3) is 0.688. The van der Waals surface area contributed by atoms with Crippen LogP contribution in [-0.2, 0) is 0 Å². The standard InChI is InChI=1S/C16H28N4O/c1-5-6-7-9-17-15-11-14(19-13(4)20-15)16(21)18-10-8-12(2)3/h11-12H,5-10H2,1-4H3,(H,18,21)(H,17,19,20). The molecule has 5 nitrogen and oxygen atoms in total. The van der Waals surface area contributed by atoms with Crippen LogP contribution in [0.2, 0.25) is 0 Å². The van der Waals surface area contributed by atoms with Gasteiger partial charge in [-0.1, -0.05) is 33.6 Å². The van der Waals surface area contributed by atoms with Crippen molar-refractivity contribution in [2.45, 2.75) is 53.4 Å². The van der Waals surface area contributed by atoms with Gasteiger partial charge in [0.05, 0.1) is 0 Å². The number of aromatic nitrogens is 2. The molecule has 0 radical (unpaired) electrons.